The lowest BCUT2D eigenvalue weighted by molar-refractivity contribution is -0.123. The first-order valence-corrected chi connectivity index (χ1v) is 15.0. The number of ether oxygens (including phenoxy) is 2. The lowest BCUT2D eigenvalue weighted by Crippen LogP contribution is -2.40. The minimum atomic E-state index is -1.30. The second kappa shape index (κ2) is 12.4. The molecule has 1 aliphatic heterocycles. The Balaban J connectivity index is 1.45. The molecule has 0 unspecified atom stereocenters. The largest absolute Gasteiger partial charge is 0.494 e. The zero-order valence-corrected chi connectivity index (χ0v) is 26.3. The lowest BCUT2D eigenvalue weighted by Gasteiger charge is -2.23. The molecule has 0 saturated heterocycles. The monoisotopic (exact) mass is 680 g/mol. The summed E-state index contributed by atoms with van der Waals surface area (Å²) in [5, 5.41) is 2.74. The number of rotatable bonds is 8. The van der Waals surface area contributed by atoms with E-state index in [9.17, 15) is 18.4 Å². The fraction of sp³-hybridized carbons (Fsp3) is 0.176. The zero-order valence-electron chi connectivity index (χ0n) is 24.8. The van der Waals surface area contributed by atoms with E-state index in [1.807, 2.05) is 18.2 Å². The fourth-order valence-corrected chi connectivity index (χ4v) is 5.86. The van der Waals surface area contributed by atoms with Gasteiger partial charge in [0, 0.05) is 40.6 Å². The number of hydrogen-bond acceptors (Lipinski definition) is 6. The second-order valence-corrected chi connectivity index (χ2v) is 12.0. The summed E-state index contributed by atoms with van der Waals surface area (Å²) in [5.41, 5.74) is 6.14. The van der Waals surface area contributed by atoms with E-state index >= 15 is 4.39 Å². The number of nitrogens with one attached hydrogen (secondary N) is 1. The number of carbonyl (C=O) groups is 2. The summed E-state index contributed by atoms with van der Waals surface area (Å²) in [4.78, 5) is 34.8. The summed E-state index contributed by atoms with van der Waals surface area (Å²) in [6.45, 7) is 1.45. The van der Waals surface area contributed by atoms with Gasteiger partial charge in [-0.05, 0) is 42.8 Å². The van der Waals surface area contributed by atoms with Crippen LogP contribution in [-0.2, 0) is 10.2 Å². The van der Waals surface area contributed by atoms with E-state index in [1.165, 1.54) is 25.3 Å². The van der Waals surface area contributed by atoms with Crippen molar-refractivity contribution >= 4 is 45.9 Å². The van der Waals surface area contributed by atoms with Crippen LogP contribution < -0.4 is 20.5 Å². The van der Waals surface area contributed by atoms with Gasteiger partial charge in [0.05, 0.1) is 22.8 Å². The molecule has 0 bridgehead atoms. The highest BCUT2D eigenvalue weighted by Crippen LogP contribution is 2.46. The predicted octanol–water partition coefficient (Wildman–Crippen LogP) is 6.73. The summed E-state index contributed by atoms with van der Waals surface area (Å²) < 4.78 is 54.7. The molecule has 0 aliphatic carbocycles. The van der Waals surface area contributed by atoms with Crippen LogP contribution in [0.1, 0.15) is 40.0 Å². The highest BCUT2D eigenvalue weighted by atomic mass is 35.5. The summed E-state index contributed by atoms with van der Waals surface area (Å²) in [5.74, 6) is -4.33. The van der Waals surface area contributed by atoms with Crippen LogP contribution in [-0.4, -0.2) is 42.0 Å². The number of primary amides is 1. The molecule has 2 amide bonds. The van der Waals surface area contributed by atoms with Gasteiger partial charge >= 0.3 is 0 Å². The fourth-order valence-electron chi connectivity index (χ4n) is 5.54. The molecule has 2 aromatic heterocycles. The molecule has 0 spiro atoms. The van der Waals surface area contributed by atoms with Gasteiger partial charge in [0.1, 0.15) is 46.4 Å². The van der Waals surface area contributed by atoms with E-state index in [2.05, 4.69) is 10.3 Å². The van der Waals surface area contributed by atoms with Crippen molar-refractivity contribution in [1.29, 1.82) is 0 Å². The number of pyridine rings is 2. The van der Waals surface area contributed by atoms with Gasteiger partial charge in [-0.25, -0.2) is 18.7 Å². The van der Waals surface area contributed by atoms with Gasteiger partial charge in [-0.3, -0.25) is 9.59 Å². The van der Waals surface area contributed by atoms with Crippen molar-refractivity contribution in [3.05, 3.63) is 117 Å². The molecule has 5 aromatic rings. The molecule has 0 radical (unpaired) electrons. The number of benzene rings is 3. The molecule has 3 heterocycles. The molecule has 8 nitrogen and oxygen atoms in total. The number of aromatic nitrogens is 2. The Morgan fingerprint density at radius 2 is 1.77 bits per heavy atom. The SMILES string of the molecule is COc1cc(C(=O)NC[C@@H](c2ccccc2)c2cc3c(c(-c4cc(Cl)c(F)cc4F)n2)OC[C@]3(C)C(N)=O)cc2cc(Cl)c(F)nc12. The highest BCUT2D eigenvalue weighted by Gasteiger charge is 2.44. The average molecular weight is 681 g/mol. The molecule has 3 aromatic carbocycles. The molecule has 3 N–H and O–H groups in total. The molecular weight excluding hydrogens is 656 g/mol. The van der Waals surface area contributed by atoms with Gasteiger partial charge in [0.25, 0.3) is 5.91 Å². The van der Waals surface area contributed by atoms with Crippen LogP contribution in [0.25, 0.3) is 22.2 Å². The zero-order chi connectivity index (χ0) is 33.6. The third kappa shape index (κ3) is 5.81. The minimum absolute atomic E-state index is 0.00925. The molecule has 2 atom stereocenters. The smallest absolute Gasteiger partial charge is 0.251 e. The van der Waals surface area contributed by atoms with Crippen molar-refractivity contribution in [3.63, 3.8) is 0 Å². The topological polar surface area (TPSA) is 116 Å². The van der Waals surface area contributed by atoms with E-state index in [0.717, 1.165) is 11.6 Å². The summed E-state index contributed by atoms with van der Waals surface area (Å²) in [6, 6.07) is 16.7. The van der Waals surface area contributed by atoms with Gasteiger partial charge in [-0.2, -0.15) is 4.39 Å². The predicted molar refractivity (Wildman–Crippen MR) is 171 cm³/mol. The molecule has 0 fully saturated rings. The van der Waals surface area contributed by atoms with E-state index in [1.54, 1.807) is 25.1 Å². The number of hydrogen-bond donors (Lipinski definition) is 2. The van der Waals surface area contributed by atoms with Crippen LogP contribution in [0.4, 0.5) is 13.2 Å². The highest BCUT2D eigenvalue weighted by molar-refractivity contribution is 6.31. The first kappa shape index (κ1) is 32.1. The number of methoxy groups -OCH3 is 1. The lowest BCUT2D eigenvalue weighted by atomic mass is 9.81. The maximum Gasteiger partial charge on any atom is 0.251 e. The number of carbonyl (C=O) groups excluding carboxylic acids is 2. The number of fused-ring (bicyclic) bond motifs is 2. The van der Waals surface area contributed by atoms with Crippen molar-refractivity contribution < 1.29 is 32.2 Å². The normalized spacial score (nSPS) is 16.0. The molecule has 240 valence electrons. The van der Waals surface area contributed by atoms with Gasteiger partial charge < -0.3 is 20.5 Å². The Morgan fingerprint density at radius 3 is 2.47 bits per heavy atom. The van der Waals surface area contributed by atoms with Crippen molar-refractivity contribution in [2.45, 2.75) is 18.3 Å². The van der Waals surface area contributed by atoms with E-state index < -0.39 is 40.7 Å². The van der Waals surface area contributed by atoms with Gasteiger partial charge in [0.2, 0.25) is 11.9 Å². The first-order valence-electron chi connectivity index (χ1n) is 14.2. The van der Waals surface area contributed by atoms with Crippen molar-refractivity contribution in [2.24, 2.45) is 5.73 Å². The van der Waals surface area contributed by atoms with Crippen LogP contribution in [0.3, 0.4) is 0 Å². The maximum absolute atomic E-state index is 15.3. The number of nitrogens with zero attached hydrogens (tertiary/aromatic N) is 2. The Bertz CT molecular complexity index is 2080. The van der Waals surface area contributed by atoms with Crippen molar-refractivity contribution in [1.82, 2.24) is 15.3 Å². The van der Waals surface area contributed by atoms with Crippen LogP contribution in [0, 0.1) is 17.6 Å². The van der Waals surface area contributed by atoms with E-state index in [-0.39, 0.29) is 57.0 Å². The first-order chi connectivity index (χ1) is 22.4. The molecule has 0 saturated carbocycles. The summed E-state index contributed by atoms with van der Waals surface area (Å²) in [7, 11) is 1.37. The van der Waals surface area contributed by atoms with E-state index in [0.29, 0.717) is 22.7 Å². The molecule has 13 heteroatoms. The standard InChI is InChI=1S/C34H25Cl2F3N4O4/c1-34(33(40)45)15-47-30-21(34)12-26(42-29(30)19-11-22(35)25(38)13-24(19)37)20(16-6-4-3-5-7-16)14-41-32(44)18-8-17-9-23(36)31(39)43-28(17)27(10-18)46-2/h3-13,20H,14-15H2,1-2H3,(H2,40,45)(H,41,44)/t20-,34-/m0/s1. The minimum Gasteiger partial charge on any atom is -0.494 e. The number of halogens is 5. The number of amides is 2. The van der Waals surface area contributed by atoms with Crippen LogP contribution >= 0.6 is 23.2 Å². The van der Waals surface area contributed by atoms with E-state index in [4.69, 9.17) is 43.4 Å². The Morgan fingerprint density at radius 1 is 1.02 bits per heavy atom. The molecule has 47 heavy (non-hydrogen) atoms. The van der Waals surface area contributed by atoms with Gasteiger partial charge in [-0.15, -0.1) is 0 Å². The Labute approximate surface area is 276 Å². The summed E-state index contributed by atoms with van der Waals surface area (Å²) >= 11 is 12.0. The van der Waals surface area contributed by atoms with Crippen molar-refractivity contribution in [3.8, 4) is 22.8 Å². The van der Waals surface area contributed by atoms with Crippen LogP contribution in [0.5, 0.6) is 11.5 Å². The third-order valence-corrected chi connectivity index (χ3v) is 8.76. The molecular formula is C34H25Cl2F3N4O4. The number of nitrogens with two attached hydrogens (primary N) is 1. The summed E-state index contributed by atoms with van der Waals surface area (Å²) in [6.07, 6.45) is 0. The third-order valence-electron chi connectivity index (χ3n) is 8.20. The van der Waals surface area contributed by atoms with Crippen LogP contribution in [0.2, 0.25) is 10.0 Å². The molecule has 6 rings (SSSR count). The van der Waals surface area contributed by atoms with Crippen molar-refractivity contribution in [2.75, 3.05) is 20.3 Å². The Kier molecular flexibility index (Phi) is 8.46. The van der Waals surface area contributed by atoms with Crippen LogP contribution in [0.15, 0.2) is 66.7 Å². The maximum atomic E-state index is 15.3. The second-order valence-electron chi connectivity index (χ2n) is 11.2. The average Bonchev–Trinajstić information content (AvgIpc) is 3.40. The van der Waals surface area contributed by atoms with Gasteiger partial charge in [0.15, 0.2) is 0 Å². The quantitative estimate of drug-likeness (QED) is 0.139. The van der Waals surface area contributed by atoms with Gasteiger partial charge in [-0.1, -0.05) is 53.5 Å². The Hall–Kier alpha value is -4.87. The molecule has 1 aliphatic rings.